The van der Waals surface area contributed by atoms with Crippen molar-refractivity contribution >= 4 is 11.7 Å². The van der Waals surface area contributed by atoms with Crippen LogP contribution in [0.3, 0.4) is 0 Å². The molecule has 0 amide bonds. The van der Waals surface area contributed by atoms with Crippen LogP contribution in [-0.4, -0.2) is 17.8 Å². The first-order valence-electron chi connectivity index (χ1n) is 5.96. The predicted molar refractivity (Wildman–Crippen MR) is 71.1 cm³/mol. The Morgan fingerprint density at radius 3 is 2.45 bits per heavy atom. The molecule has 0 aliphatic rings. The highest BCUT2D eigenvalue weighted by atomic mass is 19.1. The number of halogens is 2. The number of benzene rings is 2. The first-order valence-corrected chi connectivity index (χ1v) is 5.96. The van der Waals surface area contributed by atoms with E-state index >= 15 is 0 Å². The van der Waals surface area contributed by atoms with Crippen molar-refractivity contribution in [2.45, 2.75) is 0 Å². The molecule has 0 atom stereocenters. The lowest BCUT2D eigenvalue weighted by Crippen LogP contribution is -2.11. The lowest BCUT2D eigenvalue weighted by molar-refractivity contribution is -0.384. The van der Waals surface area contributed by atoms with Gasteiger partial charge in [-0.1, -0.05) is 0 Å². The van der Waals surface area contributed by atoms with E-state index in [1.54, 1.807) is 0 Å². The molecule has 0 spiro atoms. The van der Waals surface area contributed by atoms with Crippen molar-refractivity contribution in [3.63, 3.8) is 0 Å². The van der Waals surface area contributed by atoms with Gasteiger partial charge in [-0.2, -0.15) is 0 Å². The van der Waals surface area contributed by atoms with Gasteiger partial charge >= 0.3 is 5.97 Å². The molecule has 8 heteroatoms. The van der Waals surface area contributed by atoms with Crippen LogP contribution in [0, 0.1) is 15.9 Å². The second-order valence-corrected chi connectivity index (χ2v) is 4.03. The third kappa shape index (κ3) is 3.54. The molecule has 0 aliphatic heterocycles. The van der Waals surface area contributed by atoms with Crippen molar-refractivity contribution in [2.24, 2.45) is 0 Å². The van der Waals surface area contributed by atoms with E-state index in [0.717, 1.165) is 30.3 Å². The van der Waals surface area contributed by atoms with E-state index in [2.05, 4.69) is 4.74 Å². The summed E-state index contributed by atoms with van der Waals surface area (Å²) < 4.78 is 34.8. The van der Waals surface area contributed by atoms with Crippen molar-refractivity contribution in [3.8, 4) is 11.5 Å². The first kappa shape index (κ1) is 15.4. The molecule has 2 aromatic rings. The van der Waals surface area contributed by atoms with E-state index in [0.29, 0.717) is 0 Å². The van der Waals surface area contributed by atoms with Crippen LogP contribution in [0.25, 0.3) is 0 Å². The number of ether oxygens (including phenoxy) is 2. The summed E-state index contributed by atoms with van der Waals surface area (Å²) in [5.41, 5.74) is -0.333. The van der Waals surface area contributed by atoms with Crippen LogP contribution >= 0.6 is 0 Å². The number of carbonyl (C=O) groups is 1. The molecule has 2 rings (SSSR count). The monoisotopic (exact) mass is 309 g/mol. The average molecular weight is 309 g/mol. The SMILES string of the molecule is O=C(Oc1ccc([N+](=O)[O-])cc1)c1ccc(F)cc1OCF. The van der Waals surface area contributed by atoms with Crippen LogP contribution in [0.1, 0.15) is 10.4 Å². The van der Waals surface area contributed by atoms with Crippen molar-refractivity contribution in [2.75, 3.05) is 6.86 Å². The second kappa shape index (κ2) is 6.61. The molecular formula is C14H9F2NO5. The minimum atomic E-state index is -1.23. The molecule has 0 saturated heterocycles. The summed E-state index contributed by atoms with van der Waals surface area (Å²) in [4.78, 5) is 21.9. The highest BCUT2D eigenvalue weighted by Gasteiger charge is 2.16. The van der Waals surface area contributed by atoms with Gasteiger partial charge in [-0.25, -0.2) is 13.6 Å². The van der Waals surface area contributed by atoms with Crippen LogP contribution in [0.5, 0.6) is 11.5 Å². The normalized spacial score (nSPS) is 10.1. The van der Waals surface area contributed by atoms with Gasteiger partial charge in [0.15, 0.2) is 0 Å². The van der Waals surface area contributed by atoms with Gasteiger partial charge in [0.25, 0.3) is 5.69 Å². The average Bonchev–Trinajstić information content (AvgIpc) is 2.48. The zero-order valence-corrected chi connectivity index (χ0v) is 11.0. The Morgan fingerprint density at radius 2 is 1.86 bits per heavy atom. The van der Waals surface area contributed by atoms with Gasteiger partial charge in [0, 0.05) is 18.2 Å². The minimum absolute atomic E-state index is 0.0473. The summed E-state index contributed by atoms with van der Waals surface area (Å²) in [7, 11) is 0. The third-order valence-electron chi connectivity index (χ3n) is 2.63. The summed E-state index contributed by atoms with van der Waals surface area (Å²) in [6.07, 6.45) is 0. The van der Waals surface area contributed by atoms with Crippen molar-refractivity contribution in [3.05, 3.63) is 64.0 Å². The smallest absolute Gasteiger partial charge is 0.347 e. The van der Waals surface area contributed by atoms with Gasteiger partial charge in [-0.05, 0) is 24.3 Å². The molecule has 0 N–H and O–H groups in total. The van der Waals surface area contributed by atoms with Gasteiger partial charge in [0.2, 0.25) is 6.86 Å². The standard InChI is InChI=1S/C14H9F2NO5/c15-8-21-13-7-9(16)1-6-12(13)14(18)22-11-4-2-10(3-5-11)17(19)20/h1-7H,8H2. The minimum Gasteiger partial charge on any atom is -0.462 e. The maximum absolute atomic E-state index is 13.1. The summed E-state index contributed by atoms with van der Waals surface area (Å²) in [5.74, 6) is -1.85. The number of nitrogens with zero attached hydrogens (tertiary/aromatic N) is 1. The number of nitro benzene ring substituents is 1. The molecule has 0 heterocycles. The fourth-order valence-electron chi connectivity index (χ4n) is 1.64. The number of esters is 1. The lowest BCUT2D eigenvalue weighted by atomic mass is 10.2. The summed E-state index contributed by atoms with van der Waals surface area (Å²) >= 11 is 0. The second-order valence-electron chi connectivity index (χ2n) is 4.03. The molecular weight excluding hydrogens is 300 g/mol. The van der Waals surface area contributed by atoms with Crippen LogP contribution in [0.2, 0.25) is 0 Å². The Bertz CT molecular complexity index is 703. The molecule has 0 radical (unpaired) electrons. The predicted octanol–water partition coefficient (Wildman–Crippen LogP) is 3.26. The molecule has 6 nitrogen and oxygen atoms in total. The van der Waals surface area contributed by atoms with Crippen molar-refractivity contribution in [1.29, 1.82) is 0 Å². The topological polar surface area (TPSA) is 78.7 Å². The van der Waals surface area contributed by atoms with Crippen LogP contribution in [0.15, 0.2) is 42.5 Å². The zero-order valence-electron chi connectivity index (χ0n) is 11.0. The summed E-state index contributed by atoms with van der Waals surface area (Å²) in [5, 5.41) is 10.5. The van der Waals surface area contributed by atoms with Gasteiger partial charge in [0.05, 0.1) is 4.92 Å². The quantitative estimate of drug-likeness (QED) is 0.366. The third-order valence-corrected chi connectivity index (χ3v) is 2.63. The number of alkyl halides is 1. The van der Waals surface area contributed by atoms with Gasteiger partial charge < -0.3 is 9.47 Å². The molecule has 114 valence electrons. The number of nitro groups is 1. The fraction of sp³-hybridized carbons (Fsp3) is 0.0714. The zero-order chi connectivity index (χ0) is 16.1. The van der Waals surface area contributed by atoms with Crippen LogP contribution in [-0.2, 0) is 0 Å². The van der Waals surface area contributed by atoms with Gasteiger partial charge in [0.1, 0.15) is 22.9 Å². The van der Waals surface area contributed by atoms with Gasteiger partial charge in [-0.3, -0.25) is 10.1 Å². The molecule has 2 aromatic carbocycles. The molecule has 22 heavy (non-hydrogen) atoms. The molecule has 0 saturated carbocycles. The van der Waals surface area contributed by atoms with Crippen LogP contribution in [0.4, 0.5) is 14.5 Å². The number of rotatable bonds is 5. The Hall–Kier alpha value is -3.03. The summed E-state index contributed by atoms with van der Waals surface area (Å²) in [6, 6.07) is 7.72. The molecule has 0 bridgehead atoms. The lowest BCUT2D eigenvalue weighted by Gasteiger charge is -2.09. The molecule has 0 aromatic heterocycles. The molecule has 0 fully saturated rings. The number of non-ortho nitro benzene ring substituents is 1. The number of hydrogen-bond donors (Lipinski definition) is 0. The Morgan fingerprint density at radius 1 is 1.18 bits per heavy atom. The van der Waals surface area contributed by atoms with E-state index in [9.17, 15) is 23.7 Å². The fourth-order valence-corrected chi connectivity index (χ4v) is 1.64. The summed E-state index contributed by atoms with van der Waals surface area (Å²) in [6.45, 7) is -1.23. The maximum atomic E-state index is 13.1. The number of carbonyl (C=O) groups excluding carboxylic acids is 1. The van der Waals surface area contributed by atoms with E-state index in [-0.39, 0.29) is 22.7 Å². The van der Waals surface area contributed by atoms with E-state index in [1.807, 2.05) is 0 Å². The Kier molecular flexibility index (Phi) is 4.62. The first-order chi connectivity index (χ1) is 10.5. The number of hydrogen-bond acceptors (Lipinski definition) is 5. The largest absolute Gasteiger partial charge is 0.462 e. The highest BCUT2D eigenvalue weighted by Crippen LogP contribution is 2.23. The molecule has 0 unspecified atom stereocenters. The van der Waals surface area contributed by atoms with Gasteiger partial charge in [-0.15, -0.1) is 0 Å². The Balaban J connectivity index is 2.20. The van der Waals surface area contributed by atoms with E-state index < -0.39 is 23.6 Å². The van der Waals surface area contributed by atoms with E-state index in [4.69, 9.17) is 4.74 Å². The van der Waals surface area contributed by atoms with Crippen molar-refractivity contribution in [1.82, 2.24) is 0 Å². The maximum Gasteiger partial charge on any atom is 0.347 e. The molecule has 0 aliphatic carbocycles. The van der Waals surface area contributed by atoms with Crippen molar-refractivity contribution < 1.29 is 28.0 Å². The van der Waals surface area contributed by atoms with Crippen LogP contribution < -0.4 is 9.47 Å². The van der Waals surface area contributed by atoms with E-state index in [1.165, 1.54) is 12.1 Å². The highest BCUT2D eigenvalue weighted by molar-refractivity contribution is 5.94. The Labute approximate surface area is 123 Å².